The molecule has 0 aromatic rings. The van der Waals surface area contributed by atoms with E-state index in [2.05, 4.69) is 5.32 Å². The molecule has 0 spiro atoms. The summed E-state index contributed by atoms with van der Waals surface area (Å²) in [6.45, 7) is 0.868. The first kappa shape index (κ1) is 12.4. The highest BCUT2D eigenvalue weighted by Gasteiger charge is 2.28. The van der Waals surface area contributed by atoms with E-state index in [9.17, 15) is 9.59 Å². The molecule has 96 valence electrons. The minimum atomic E-state index is -0.381. The van der Waals surface area contributed by atoms with E-state index in [0.717, 1.165) is 12.8 Å². The third-order valence-electron chi connectivity index (χ3n) is 3.60. The summed E-state index contributed by atoms with van der Waals surface area (Å²) in [5.41, 5.74) is 0. The average Bonchev–Trinajstić information content (AvgIpc) is 2.74. The van der Waals surface area contributed by atoms with Gasteiger partial charge in [-0.05, 0) is 18.8 Å². The maximum absolute atomic E-state index is 11.6. The number of aliphatic hydroxyl groups excluding tert-OH is 1. The number of nitrogens with one attached hydrogen (secondary N) is 1. The molecule has 0 radical (unpaired) electrons. The number of aliphatic hydroxyl groups is 1. The molecule has 0 aromatic carbocycles. The Bertz CT molecular complexity index is 294. The largest absolute Gasteiger partial charge is 0.389 e. The number of likely N-dealkylation sites (tertiary alicyclic amines) is 1. The predicted molar refractivity (Wildman–Crippen MR) is 62.2 cm³/mol. The van der Waals surface area contributed by atoms with Gasteiger partial charge in [-0.1, -0.05) is 12.8 Å². The SMILES string of the molecule is O=C(CC1CCCC1)NCC(=O)N1CC(O)C1. The number of carbonyl (C=O) groups excluding carboxylic acids is 2. The Balaban J connectivity index is 1.60. The second-order valence-corrected chi connectivity index (χ2v) is 5.08. The summed E-state index contributed by atoms with van der Waals surface area (Å²) in [5.74, 6) is 0.386. The van der Waals surface area contributed by atoms with Crippen LogP contribution in [0.1, 0.15) is 32.1 Å². The number of nitrogens with zero attached hydrogens (tertiary/aromatic N) is 1. The van der Waals surface area contributed by atoms with Crippen LogP contribution in [-0.4, -0.2) is 47.6 Å². The zero-order valence-electron chi connectivity index (χ0n) is 10.0. The molecule has 5 nitrogen and oxygen atoms in total. The molecule has 1 saturated carbocycles. The third-order valence-corrected chi connectivity index (χ3v) is 3.60. The number of hydrogen-bond donors (Lipinski definition) is 2. The third kappa shape index (κ3) is 3.43. The van der Waals surface area contributed by atoms with Crippen molar-refractivity contribution in [3.05, 3.63) is 0 Å². The van der Waals surface area contributed by atoms with Crippen molar-refractivity contribution in [2.45, 2.75) is 38.2 Å². The fourth-order valence-electron chi connectivity index (χ4n) is 2.49. The Kier molecular flexibility index (Phi) is 3.99. The van der Waals surface area contributed by atoms with Crippen molar-refractivity contribution in [3.63, 3.8) is 0 Å². The molecule has 0 bridgehead atoms. The molecule has 0 unspecified atom stereocenters. The van der Waals surface area contributed by atoms with Crippen LogP contribution in [0.4, 0.5) is 0 Å². The van der Waals surface area contributed by atoms with Gasteiger partial charge in [0.1, 0.15) is 0 Å². The summed E-state index contributed by atoms with van der Waals surface area (Å²) in [6.07, 6.45) is 4.90. The van der Waals surface area contributed by atoms with Gasteiger partial charge in [-0.2, -0.15) is 0 Å². The van der Waals surface area contributed by atoms with Gasteiger partial charge in [0.2, 0.25) is 11.8 Å². The minimum Gasteiger partial charge on any atom is -0.389 e. The lowest BCUT2D eigenvalue weighted by atomic mass is 10.0. The second-order valence-electron chi connectivity index (χ2n) is 5.08. The molecule has 1 saturated heterocycles. The molecule has 1 aliphatic carbocycles. The van der Waals surface area contributed by atoms with Crippen LogP contribution in [0.5, 0.6) is 0 Å². The normalized spacial score (nSPS) is 21.4. The van der Waals surface area contributed by atoms with E-state index >= 15 is 0 Å². The Morgan fingerprint density at radius 2 is 1.88 bits per heavy atom. The van der Waals surface area contributed by atoms with Crippen molar-refractivity contribution in [2.24, 2.45) is 5.92 Å². The molecule has 2 aliphatic rings. The quantitative estimate of drug-likeness (QED) is 0.720. The molecule has 0 atom stereocenters. The lowest BCUT2D eigenvalue weighted by Crippen LogP contribution is -2.55. The first-order valence-corrected chi connectivity index (χ1v) is 6.37. The van der Waals surface area contributed by atoms with Gasteiger partial charge in [0, 0.05) is 19.5 Å². The van der Waals surface area contributed by atoms with E-state index < -0.39 is 0 Å². The lowest BCUT2D eigenvalue weighted by molar-refractivity contribution is -0.141. The standard InChI is InChI=1S/C12H20N2O3/c15-10-7-14(8-10)12(17)6-13-11(16)5-9-3-1-2-4-9/h9-10,15H,1-8H2,(H,13,16). The van der Waals surface area contributed by atoms with Gasteiger partial charge in [-0.15, -0.1) is 0 Å². The van der Waals surface area contributed by atoms with Crippen LogP contribution in [0.2, 0.25) is 0 Å². The predicted octanol–water partition coefficient (Wildman–Crippen LogP) is -0.114. The number of rotatable bonds is 4. The monoisotopic (exact) mass is 240 g/mol. The van der Waals surface area contributed by atoms with Crippen LogP contribution in [0.15, 0.2) is 0 Å². The fraction of sp³-hybridized carbons (Fsp3) is 0.833. The maximum atomic E-state index is 11.6. The Hall–Kier alpha value is -1.10. The molecule has 5 heteroatoms. The molecule has 2 N–H and O–H groups in total. The van der Waals surface area contributed by atoms with Gasteiger partial charge in [-0.25, -0.2) is 0 Å². The van der Waals surface area contributed by atoms with E-state index in [0.29, 0.717) is 25.4 Å². The highest BCUT2D eigenvalue weighted by molar-refractivity contribution is 5.85. The van der Waals surface area contributed by atoms with Crippen LogP contribution in [-0.2, 0) is 9.59 Å². The summed E-state index contributed by atoms with van der Waals surface area (Å²) in [5, 5.41) is 11.7. The molecule has 2 fully saturated rings. The van der Waals surface area contributed by atoms with Crippen molar-refractivity contribution in [3.8, 4) is 0 Å². The van der Waals surface area contributed by atoms with Crippen LogP contribution >= 0.6 is 0 Å². The minimum absolute atomic E-state index is 0.0219. The lowest BCUT2D eigenvalue weighted by Gasteiger charge is -2.35. The summed E-state index contributed by atoms with van der Waals surface area (Å²) in [7, 11) is 0. The smallest absolute Gasteiger partial charge is 0.242 e. The van der Waals surface area contributed by atoms with Crippen molar-refractivity contribution < 1.29 is 14.7 Å². The van der Waals surface area contributed by atoms with Crippen LogP contribution in [0.25, 0.3) is 0 Å². The van der Waals surface area contributed by atoms with Crippen molar-refractivity contribution in [1.29, 1.82) is 0 Å². The number of carbonyl (C=O) groups is 2. The summed E-state index contributed by atoms with van der Waals surface area (Å²) >= 11 is 0. The van der Waals surface area contributed by atoms with Gasteiger partial charge < -0.3 is 15.3 Å². The highest BCUT2D eigenvalue weighted by Crippen LogP contribution is 2.27. The van der Waals surface area contributed by atoms with Gasteiger partial charge in [-0.3, -0.25) is 9.59 Å². The fourth-order valence-corrected chi connectivity index (χ4v) is 2.49. The summed E-state index contributed by atoms with van der Waals surface area (Å²) in [4.78, 5) is 24.6. The topological polar surface area (TPSA) is 69.6 Å². The van der Waals surface area contributed by atoms with Crippen molar-refractivity contribution in [2.75, 3.05) is 19.6 Å². The van der Waals surface area contributed by atoms with Gasteiger partial charge in [0.15, 0.2) is 0 Å². The van der Waals surface area contributed by atoms with Gasteiger partial charge >= 0.3 is 0 Å². The maximum Gasteiger partial charge on any atom is 0.242 e. The van der Waals surface area contributed by atoms with E-state index in [1.54, 1.807) is 4.90 Å². The van der Waals surface area contributed by atoms with Crippen molar-refractivity contribution >= 4 is 11.8 Å². The van der Waals surface area contributed by atoms with Gasteiger partial charge in [0.25, 0.3) is 0 Å². The van der Waals surface area contributed by atoms with Crippen LogP contribution in [0, 0.1) is 5.92 Å². The number of amides is 2. The van der Waals surface area contributed by atoms with Crippen LogP contribution in [0.3, 0.4) is 0 Å². The molecule has 17 heavy (non-hydrogen) atoms. The number of hydrogen-bond acceptors (Lipinski definition) is 3. The van der Waals surface area contributed by atoms with E-state index in [1.165, 1.54) is 12.8 Å². The van der Waals surface area contributed by atoms with Crippen molar-refractivity contribution in [1.82, 2.24) is 10.2 Å². The number of β-amino-alcohol motifs (C(OH)–C–C–N with tert-alkyl or cyclic N) is 1. The van der Waals surface area contributed by atoms with Gasteiger partial charge in [0.05, 0.1) is 12.6 Å². The Labute approximate surface area is 101 Å². The molecular weight excluding hydrogens is 220 g/mol. The highest BCUT2D eigenvalue weighted by atomic mass is 16.3. The molecular formula is C12H20N2O3. The zero-order chi connectivity index (χ0) is 12.3. The molecule has 2 rings (SSSR count). The summed E-state index contributed by atoms with van der Waals surface area (Å²) in [6, 6.07) is 0. The average molecular weight is 240 g/mol. The molecule has 1 heterocycles. The second kappa shape index (κ2) is 5.49. The molecule has 2 amide bonds. The van der Waals surface area contributed by atoms with E-state index in [-0.39, 0.29) is 24.5 Å². The molecule has 1 aliphatic heterocycles. The first-order chi connectivity index (χ1) is 8.15. The van der Waals surface area contributed by atoms with E-state index in [4.69, 9.17) is 5.11 Å². The first-order valence-electron chi connectivity index (χ1n) is 6.37. The Morgan fingerprint density at radius 1 is 1.24 bits per heavy atom. The van der Waals surface area contributed by atoms with E-state index in [1.807, 2.05) is 0 Å². The Morgan fingerprint density at radius 3 is 2.47 bits per heavy atom. The summed E-state index contributed by atoms with van der Waals surface area (Å²) < 4.78 is 0. The zero-order valence-corrected chi connectivity index (χ0v) is 10.0. The molecule has 0 aromatic heterocycles. The van der Waals surface area contributed by atoms with Crippen LogP contribution < -0.4 is 5.32 Å².